The van der Waals surface area contributed by atoms with E-state index in [1.54, 1.807) is 0 Å². The number of nitrogens with zero attached hydrogens (tertiary/aromatic N) is 1. The van der Waals surface area contributed by atoms with Gasteiger partial charge in [-0.25, -0.2) is 13.4 Å². The van der Waals surface area contributed by atoms with E-state index in [9.17, 15) is 8.42 Å². The summed E-state index contributed by atoms with van der Waals surface area (Å²) in [4.78, 5) is 4.67. The summed E-state index contributed by atoms with van der Waals surface area (Å²) in [5, 5.41) is 0.538. The fourth-order valence-electron chi connectivity index (χ4n) is 2.92. The predicted octanol–water partition coefficient (Wildman–Crippen LogP) is 4.29. The zero-order valence-electron chi connectivity index (χ0n) is 13.5. The van der Waals surface area contributed by atoms with E-state index >= 15 is 0 Å². The molecule has 0 radical (unpaired) electrons. The van der Waals surface area contributed by atoms with Gasteiger partial charge in [-0.3, -0.25) is 0 Å². The highest BCUT2D eigenvalue weighted by molar-refractivity contribution is 8.01. The van der Waals surface area contributed by atoms with Gasteiger partial charge in [0.25, 0.3) is 5.22 Å². The number of aromatic nitrogens is 1. The average molecular weight is 371 g/mol. The highest BCUT2D eigenvalue weighted by Crippen LogP contribution is 2.38. The molecule has 3 aromatic rings. The lowest BCUT2D eigenvalue weighted by Crippen LogP contribution is -2.05. The first-order chi connectivity index (χ1) is 12.1. The number of benzene rings is 2. The Morgan fingerprint density at radius 1 is 0.960 bits per heavy atom. The molecule has 128 valence electrons. The zero-order chi connectivity index (χ0) is 17.3. The highest BCUT2D eigenvalue weighted by Gasteiger charge is 2.30. The van der Waals surface area contributed by atoms with Crippen LogP contribution in [-0.2, 0) is 9.84 Å². The summed E-state index contributed by atoms with van der Waals surface area (Å²) in [5.74, 6) is 1.17. The van der Waals surface area contributed by atoms with Gasteiger partial charge in [-0.2, -0.15) is 0 Å². The molecule has 2 aromatic carbocycles. The van der Waals surface area contributed by atoms with Crippen LogP contribution in [0.1, 0.15) is 6.42 Å². The number of oxazole rings is 1. The molecule has 6 heteroatoms. The molecule has 4 nitrogen and oxygen atoms in total. The molecule has 0 amide bonds. The van der Waals surface area contributed by atoms with E-state index < -0.39 is 9.84 Å². The SMILES string of the molecule is O=S1(=O)CC[C@@H](Sc2nc(-c3ccccc3)c(-c3ccccc3)o2)C1. The fraction of sp³-hybridized carbons (Fsp3) is 0.211. The molecule has 1 aliphatic rings. The van der Waals surface area contributed by atoms with Gasteiger partial charge in [-0.05, 0) is 6.42 Å². The number of rotatable bonds is 4. The molecule has 1 aromatic heterocycles. The molecule has 0 unspecified atom stereocenters. The molecule has 25 heavy (non-hydrogen) atoms. The van der Waals surface area contributed by atoms with Gasteiger partial charge < -0.3 is 4.42 Å². The Labute approximate surface area is 151 Å². The Balaban J connectivity index is 1.71. The molecule has 1 fully saturated rings. The summed E-state index contributed by atoms with van der Waals surface area (Å²) in [5.41, 5.74) is 2.73. The summed E-state index contributed by atoms with van der Waals surface area (Å²) in [7, 11) is -2.91. The van der Waals surface area contributed by atoms with Gasteiger partial charge in [0, 0.05) is 16.4 Å². The van der Waals surface area contributed by atoms with E-state index in [-0.39, 0.29) is 16.8 Å². The van der Waals surface area contributed by atoms with Crippen molar-refractivity contribution in [2.45, 2.75) is 16.9 Å². The van der Waals surface area contributed by atoms with Crippen LogP contribution in [0.25, 0.3) is 22.6 Å². The van der Waals surface area contributed by atoms with Crippen LogP contribution in [0.15, 0.2) is 70.3 Å². The van der Waals surface area contributed by atoms with Crippen molar-refractivity contribution in [2.24, 2.45) is 0 Å². The first-order valence-electron chi connectivity index (χ1n) is 8.09. The number of thioether (sulfide) groups is 1. The van der Waals surface area contributed by atoms with E-state index in [0.717, 1.165) is 22.6 Å². The number of sulfone groups is 1. The Kier molecular flexibility index (Phi) is 4.39. The van der Waals surface area contributed by atoms with Gasteiger partial charge in [0.15, 0.2) is 15.6 Å². The standard InChI is InChI=1S/C19H17NO3S2/c21-25(22)12-11-16(13-25)24-19-20-17(14-7-3-1-4-8-14)18(23-19)15-9-5-2-6-10-15/h1-10,16H,11-13H2/t16-/m1/s1. The van der Waals surface area contributed by atoms with Crippen molar-refractivity contribution in [3.05, 3.63) is 60.7 Å². The first-order valence-corrected chi connectivity index (χ1v) is 10.8. The van der Waals surface area contributed by atoms with Crippen LogP contribution in [-0.4, -0.2) is 30.2 Å². The summed E-state index contributed by atoms with van der Waals surface area (Å²) in [6, 6.07) is 19.8. The van der Waals surface area contributed by atoms with Crippen LogP contribution in [0.3, 0.4) is 0 Å². The molecule has 1 saturated heterocycles. The van der Waals surface area contributed by atoms with Crippen molar-refractivity contribution < 1.29 is 12.8 Å². The molecule has 0 spiro atoms. The maximum absolute atomic E-state index is 11.7. The Morgan fingerprint density at radius 2 is 1.60 bits per heavy atom. The topological polar surface area (TPSA) is 60.2 Å². The van der Waals surface area contributed by atoms with Crippen LogP contribution < -0.4 is 0 Å². The Morgan fingerprint density at radius 3 is 2.20 bits per heavy atom. The average Bonchev–Trinajstić information content (AvgIpc) is 3.20. The lowest BCUT2D eigenvalue weighted by atomic mass is 10.1. The Hall–Kier alpha value is -2.05. The van der Waals surface area contributed by atoms with Gasteiger partial charge in [0.1, 0.15) is 5.69 Å². The molecule has 2 heterocycles. The molecule has 0 bridgehead atoms. The fourth-order valence-corrected chi connectivity index (χ4v) is 6.31. The van der Waals surface area contributed by atoms with E-state index in [1.165, 1.54) is 11.8 Å². The quantitative estimate of drug-likeness (QED) is 0.685. The minimum absolute atomic E-state index is 0.0101. The lowest BCUT2D eigenvalue weighted by Gasteiger charge is -2.02. The van der Waals surface area contributed by atoms with Crippen LogP contribution in [0.5, 0.6) is 0 Å². The van der Waals surface area contributed by atoms with E-state index in [4.69, 9.17) is 4.42 Å². The third kappa shape index (κ3) is 3.65. The van der Waals surface area contributed by atoms with Gasteiger partial charge >= 0.3 is 0 Å². The second kappa shape index (κ2) is 6.69. The zero-order valence-corrected chi connectivity index (χ0v) is 15.1. The van der Waals surface area contributed by atoms with Crippen molar-refractivity contribution in [2.75, 3.05) is 11.5 Å². The molecule has 0 aliphatic carbocycles. The monoisotopic (exact) mass is 371 g/mol. The third-order valence-corrected chi connectivity index (χ3v) is 7.24. The predicted molar refractivity (Wildman–Crippen MR) is 100 cm³/mol. The third-order valence-electron chi connectivity index (χ3n) is 4.15. The molecule has 0 N–H and O–H groups in total. The van der Waals surface area contributed by atoms with Crippen molar-refractivity contribution in [1.29, 1.82) is 0 Å². The van der Waals surface area contributed by atoms with E-state index in [0.29, 0.717) is 11.6 Å². The highest BCUT2D eigenvalue weighted by atomic mass is 32.2. The number of hydrogen-bond donors (Lipinski definition) is 0. The molecule has 1 aliphatic heterocycles. The van der Waals surface area contributed by atoms with Crippen molar-refractivity contribution in [3.8, 4) is 22.6 Å². The molecular formula is C19H17NO3S2. The molecule has 0 saturated carbocycles. The molecule has 4 rings (SSSR count). The van der Waals surface area contributed by atoms with Gasteiger partial charge in [-0.1, -0.05) is 72.4 Å². The summed E-state index contributed by atoms with van der Waals surface area (Å²) >= 11 is 1.42. The Bertz CT molecular complexity index is 909. The second-order valence-electron chi connectivity index (χ2n) is 6.03. The van der Waals surface area contributed by atoms with Crippen molar-refractivity contribution >= 4 is 21.6 Å². The number of hydrogen-bond acceptors (Lipinski definition) is 5. The maximum atomic E-state index is 11.7. The van der Waals surface area contributed by atoms with E-state index in [2.05, 4.69) is 4.98 Å². The first kappa shape index (κ1) is 16.4. The second-order valence-corrected chi connectivity index (χ2v) is 9.51. The van der Waals surface area contributed by atoms with Crippen molar-refractivity contribution in [1.82, 2.24) is 4.98 Å². The normalized spacial score (nSPS) is 19.1. The van der Waals surface area contributed by atoms with Crippen molar-refractivity contribution in [3.63, 3.8) is 0 Å². The van der Waals surface area contributed by atoms with Crippen LogP contribution >= 0.6 is 11.8 Å². The lowest BCUT2D eigenvalue weighted by molar-refractivity contribution is 0.465. The molecular weight excluding hydrogens is 354 g/mol. The summed E-state index contributed by atoms with van der Waals surface area (Å²) < 4.78 is 29.4. The van der Waals surface area contributed by atoms with Crippen LogP contribution in [0, 0.1) is 0 Å². The van der Waals surface area contributed by atoms with E-state index in [1.807, 2.05) is 60.7 Å². The smallest absolute Gasteiger partial charge is 0.257 e. The summed E-state index contributed by atoms with van der Waals surface area (Å²) in [6.07, 6.45) is 0.650. The largest absolute Gasteiger partial charge is 0.431 e. The van der Waals surface area contributed by atoms with Gasteiger partial charge in [0.2, 0.25) is 0 Å². The summed E-state index contributed by atoms with van der Waals surface area (Å²) in [6.45, 7) is 0. The van der Waals surface area contributed by atoms with Crippen LogP contribution in [0.4, 0.5) is 0 Å². The minimum atomic E-state index is -2.91. The van der Waals surface area contributed by atoms with Gasteiger partial charge in [-0.15, -0.1) is 0 Å². The maximum Gasteiger partial charge on any atom is 0.257 e. The minimum Gasteiger partial charge on any atom is -0.431 e. The van der Waals surface area contributed by atoms with Crippen LogP contribution in [0.2, 0.25) is 0 Å². The van der Waals surface area contributed by atoms with Gasteiger partial charge in [0.05, 0.1) is 11.5 Å². The molecule has 1 atom stereocenters.